The van der Waals surface area contributed by atoms with Gasteiger partial charge in [0.15, 0.2) is 0 Å². The van der Waals surface area contributed by atoms with Gasteiger partial charge in [0.05, 0.1) is 6.04 Å². The molecule has 9 nitrogen and oxygen atoms in total. The molecule has 9 heteroatoms. The Morgan fingerprint density at radius 2 is 1.94 bits per heavy atom. The fourth-order valence-corrected chi connectivity index (χ4v) is 3.60. The zero-order chi connectivity index (χ0) is 23.8. The zero-order valence-electron chi connectivity index (χ0n) is 19.5. The highest BCUT2D eigenvalue weighted by Gasteiger charge is 2.32. The third-order valence-corrected chi connectivity index (χ3v) is 5.59. The molecule has 0 aromatic heterocycles. The number of carbonyl (C=O) groups excluding carboxylic acids is 2. The Labute approximate surface area is 185 Å². The second-order valence-electron chi connectivity index (χ2n) is 9.48. The number of carbonyl (C=O) groups is 3. The number of amides is 2. The SMILES string of the molecule is C=CCC(C)(C)CCC(O)N[C@H](C(=O)N[C@@H](C)C(=O)N1CCC[C@@H](C(=O)O)N1)C(C)C. The number of aliphatic carboxylic acids is 1. The van der Waals surface area contributed by atoms with E-state index in [0.717, 1.165) is 12.8 Å². The molecule has 1 saturated heterocycles. The molecule has 1 fully saturated rings. The van der Waals surface area contributed by atoms with Crippen molar-refractivity contribution in [3.63, 3.8) is 0 Å². The number of hydrogen-bond acceptors (Lipinski definition) is 6. The lowest BCUT2D eigenvalue weighted by molar-refractivity contribution is -0.148. The lowest BCUT2D eigenvalue weighted by Crippen LogP contribution is -2.61. The number of aliphatic hydroxyl groups is 1. The van der Waals surface area contributed by atoms with Gasteiger partial charge in [-0.3, -0.25) is 24.7 Å². The highest BCUT2D eigenvalue weighted by atomic mass is 16.4. The average molecular weight is 441 g/mol. The maximum absolute atomic E-state index is 12.8. The van der Waals surface area contributed by atoms with Crippen molar-refractivity contribution < 1.29 is 24.6 Å². The predicted octanol–water partition coefficient (Wildman–Crippen LogP) is 1.39. The Kier molecular flexibility index (Phi) is 10.6. The van der Waals surface area contributed by atoms with Crippen molar-refractivity contribution in [3.05, 3.63) is 12.7 Å². The summed E-state index contributed by atoms with van der Waals surface area (Å²) in [5.41, 5.74) is 2.71. The molecule has 178 valence electrons. The average Bonchev–Trinajstić information content (AvgIpc) is 2.69. The van der Waals surface area contributed by atoms with Crippen LogP contribution in [0.15, 0.2) is 12.7 Å². The van der Waals surface area contributed by atoms with Gasteiger partial charge in [0.25, 0.3) is 5.91 Å². The van der Waals surface area contributed by atoms with E-state index in [-0.39, 0.29) is 17.2 Å². The van der Waals surface area contributed by atoms with E-state index in [2.05, 4.69) is 36.5 Å². The van der Waals surface area contributed by atoms with E-state index in [0.29, 0.717) is 25.8 Å². The second kappa shape index (κ2) is 12.2. The number of hydrazine groups is 1. The number of carboxylic acid groups (broad SMARTS) is 1. The first-order valence-corrected chi connectivity index (χ1v) is 11.0. The molecular weight excluding hydrogens is 400 g/mol. The smallest absolute Gasteiger partial charge is 0.322 e. The van der Waals surface area contributed by atoms with Gasteiger partial charge in [0.2, 0.25) is 5.91 Å². The van der Waals surface area contributed by atoms with E-state index in [4.69, 9.17) is 5.11 Å². The summed E-state index contributed by atoms with van der Waals surface area (Å²) in [6.07, 6.45) is 4.11. The van der Waals surface area contributed by atoms with Crippen LogP contribution < -0.4 is 16.1 Å². The normalized spacial score (nSPS) is 20.1. The number of rotatable bonds is 12. The second-order valence-corrected chi connectivity index (χ2v) is 9.48. The quantitative estimate of drug-likeness (QED) is 0.229. The number of nitrogens with one attached hydrogen (secondary N) is 3. The first-order chi connectivity index (χ1) is 14.4. The monoisotopic (exact) mass is 440 g/mol. The summed E-state index contributed by atoms with van der Waals surface area (Å²) in [4.78, 5) is 36.7. The standard InChI is InChI=1S/C22H40N4O5/c1-7-11-22(5,6)12-10-17(27)24-18(14(2)3)19(28)23-15(4)20(29)26-13-8-9-16(25-26)21(30)31/h7,14-18,24-25,27H,1,8-13H2,2-6H3,(H,23,28)(H,30,31)/t15-,16-,17?,18-/m0/s1. The predicted molar refractivity (Wildman–Crippen MR) is 119 cm³/mol. The zero-order valence-corrected chi connectivity index (χ0v) is 19.5. The van der Waals surface area contributed by atoms with Crippen molar-refractivity contribution in [1.82, 2.24) is 21.1 Å². The fourth-order valence-electron chi connectivity index (χ4n) is 3.60. The summed E-state index contributed by atoms with van der Waals surface area (Å²) in [7, 11) is 0. The van der Waals surface area contributed by atoms with E-state index >= 15 is 0 Å². The third kappa shape index (κ3) is 8.96. The lowest BCUT2D eigenvalue weighted by Gasteiger charge is -2.34. The molecule has 0 saturated carbocycles. The molecule has 1 unspecified atom stereocenters. The van der Waals surface area contributed by atoms with E-state index in [1.165, 1.54) is 5.01 Å². The van der Waals surface area contributed by atoms with Crippen molar-refractivity contribution >= 4 is 17.8 Å². The minimum atomic E-state index is -1.01. The van der Waals surface area contributed by atoms with Crippen molar-refractivity contribution in [2.24, 2.45) is 11.3 Å². The Balaban J connectivity index is 2.64. The minimum Gasteiger partial charge on any atom is -0.480 e. The lowest BCUT2D eigenvalue weighted by atomic mass is 9.84. The molecule has 1 aliphatic rings. The summed E-state index contributed by atoms with van der Waals surface area (Å²) >= 11 is 0. The van der Waals surface area contributed by atoms with E-state index in [1.54, 1.807) is 6.92 Å². The van der Waals surface area contributed by atoms with Gasteiger partial charge in [-0.1, -0.05) is 33.8 Å². The van der Waals surface area contributed by atoms with Crippen molar-refractivity contribution in [2.75, 3.05) is 6.54 Å². The molecule has 0 aromatic rings. The van der Waals surface area contributed by atoms with E-state index in [1.807, 2.05) is 19.9 Å². The summed E-state index contributed by atoms with van der Waals surface area (Å²) in [5.74, 6) is -1.90. The van der Waals surface area contributed by atoms with Crippen molar-refractivity contribution in [2.45, 2.75) is 91.1 Å². The van der Waals surface area contributed by atoms with Gasteiger partial charge in [-0.25, -0.2) is 5.43 Å². The molecule has 0 aromatic carbocycles. The molecule has 2 amide bonds. The maximum atomic E-state index is 12.8. The van der Waals surface area contributed by atoms with Crippen LogP contribution in [0.4, 0.5) is 0 Å². The number of hydrogen-bond donors (Lipinski definition) is 5. The van der Waals surface area contributed by atoms with Gasteiger partial charge < -0.3 is 15.5 Å². The first kappa shape index (κ1) is 27.1. The van der Waals surface area contributed by atoms with Crippen LogP contribution in [0.3, 0.4) is 0 Å². The number of allylic oxidation sites excluding steroid dienone is 1. The molecule has 1 aliphatic heterocycles. The molecule has 4 atom stereocenters. The Bertz CT molecular complexity index is 637. The molecule has 0 radical (unpaired) electrons. The molecule has 0 aliphatic carbocycles. The van der Waals surface area contributed by atoms with Crippen LogP contribution in [0.5, 0.6) is 0 Å². The van der Waals surface area contributed by atoms with Crippen LogP contribution in [0.2, 0.25) is 0 Å². The van der Waals surface area contributed by atoms with Crippen LogP contribution in [0.25, 0.3) is 0 Å². The van der Waals surface area contributed by atoms with Crippen molar-refractivity contribution in [1.29, 1.82) is 0 Å². The van der Waals surface area contributed by atoms with Gasteiger partial charge in [0, 0.05) is 6.54 Å². The highest BCUT2D eigenvalue weighted by molar-refractivity contribution is 5.89. The summed E-state index contributed by atoms with van der Waals surface area (Å²) in [6, 6.07) is -2.32. The van der Waals surface area contributed by atoms with E-state index < -0.39 is 36.2 Å². The fraction of sp³-hybridized carbons (Fsp3) is 0.773. The van der Waals surface area contributed by atoms with Gasteiger partial charge in [0.1, 0.15) is 18.3 Å². The van der Waals surface area contributed by atoms with Gasteiger partial charge >= 0.3 is 5.97 Å². The third-order valence-electron chi connectivity index (χ3n) is 5.59. The molecule has 1 heterocycles. The largest absolute Gasteiger partial charge is 0.480 e. The number of carboxylic acids is 1. The van der Waals surface area contributed by atoms with Crippen molar-refractivity contribution in [3.8, 4) is 0 Å². The molecule has 1 rings (SSSR count). The molecule has 0 spiro atoms. The summed E-state index contributed by atoms with van der Waals surface area (Å²) in [5, 5.41) is 26.5. The molecule has 5 N–H and O–H groups in total. The van der Waals surface area contributed by atoms with Crippen LogP contribution in [0.1, 0.15) is 66.7 Å². The number of nitrogens with zero attached hydrogens (tertiary/aromatic N) is 1. The van der Waals surface area contributed by atoms with Crippen LogP contribution in [-0.2, 0) is 14.4 Å². The van der Waals surface area contributed by atoms with Gasteiger partial charge in [-0.05, 0) is 50.4 Å². The Hall–Kier alpha value is -1.97. The maximum Gasteiger partial charge on any atom is 0.322 e. The van der Waals surface area contributed by atoms with Crippen LogP contribution in [0, 0.1) is 11.3 Å². The Morgan fingerprint density at radius 3 is 2.48 bits per heavy atom. The highest BCUT2D eigenvalue weighted by Crippen LogP contribution is 2.27. The molecular formula is C22H40N4O5. The minimum absolute atomic E-state index is 0.0101. The number of aliphatic hydroxyl groups excluding tert-OH is 1. The summed E-state index contributed by atoms with van der Waals surface area (Å²) < 4.78 is 0. The first-order valence-electron chi connectivity index (χ1n) is 11.0. The molecule has 31 heavy (non-hydrogen) atoms. The molecule has 0 bridgehead atoms. The Morgan fingerprint density at radius 1 is 1.29 bits per heavy atom. The van der Waals surface area contributed by atoms with Gasteiger partial charge in [-0.2, -0.15) is 0 Å². The van der Waals surface area contributed by atoms with Gasteiger partial charge in [-0.15, -0.1) is 6.58 Å². The summed E-state index contributed by atoms with van der Waals surface area (Å²) in [6.45, 7) is 13.6. The van der Waals surface area contributed by atoms with E-state index in [9.17, 15) is 19.5 Å². The topological polar surface area (TPSA) is 131 Å². The van der Waals surface area contributed by atoms with Crippen LogP contribution >= 0.6 is 0 Å². The van der Waals surface area contributed by atoms with Crippen LogP contribution in [-0.4, -0.2) is 63.9 Å².